The minimum absolute atomic E-state index is 0.0471. The molecule has 0 spiro atoms. The third-order valence-electron chi connectivity index (χ3n) is 2.38. The van der Waals surface area contributed by atoms with Gasteiger partial charge < -0.3 is 15.7 Å². The molecule has 0 aliphatic carbocycles. The second kappa shape index (κ2) is 7.31. The van der Waals surface area contributed by atoms with E-state index in [-0.39, 0.29) is 34.6 Å². The Kier molecular flexibility index (Phi) is 6.04. The smallest absolute Gasteiger partial charge is 0.319 e. The van der Waals surface area contributed by atoms with Gasteiger partial charge in [-0.05, 0) is 18.1 Å². The fourth-order valence-electron chi connectivity index (χ4n) is 1.44. The number of hydrogen-bond donors (Lipinski definition) is 3. The predicted molar refractivity (Wildman–Crippen MR) is 74.9 cm³/mol. The van der Waals surface area contributed by atoms with Gasteiger partial charge in [-0.3, -0.25) is 4.79 Å². The molecule has 1 aromatic rings. The van der Waals surface area contributed by atoms with E-state index in [0.717, 1.165) is 0 Å². The first-order valence-corrected chi connectivity index (χ1v) is 6.46. The maximum Gasteiger partial charge on any atom is 0.319 e. The molecule has 0 aromatic heterocycles. The van der Waals surface area contributed by atoms with Crippen LogP contribution in [0.15, 0.2) is 12.1 Å². The molecule has 1 atom stereocenters. The van der Waals surface area contributed by atoms with Crippen LogP contribution in [0.2, 0.25) is 10.0 Å². The number of aliphatic carboxylic acids is 1. The second-order valence-corrected chi connectivity index (χ2v) is 5.11. The van der Waals surface area contributed by atoms with Crippen molar-refractivity contribution in [1.82, 2.24) is 5.32 Å². The highest BCUT2D eigenvalue weighted by atomic mass is 35.5. The van der Waals surface area contributed by atoms with Crippen molar-refractivity contribution >= 4 is 40.9 Å². The molecular formula is C12H13Cl2FN2O3. The number of hydrogen-bond acceptors (Lipinski definition) is 2. The summed E-state index contributed by atoms with van der Waals surface area (Å²) in [6.45, 7) is 1.89. The molecule has 5 nitrogen and oxygen atoms in total. The summed E-state index contributed by atoms with van der Waals surface area (Å²) in [5.74, 6) is -1.90. The van der Waals surface area contributed by atoms with Crippen molar-refractivity contribution in [2.24, 2.45) is 5.92 Å². The highest BCUT2D eigenvalue weighted by Crippen LogP contribution is 2.27. The van der Waals surface area contributed by atoms with Crippen LogP contribution >= 0.6 is 23.2 Å². The highest BCUT2D eigenvalue weighted by Gasteiger charge is 2.11. The van der Waals surface area contributed by atoms with E-state index in [1.54, 1.807) is 6.92 Å². The van der Waals surface area contributed by atoms with Gasteiger partial charge in [0, 0.05) is 18.7 Å². The molecule has 1 unspecified atom stereocenters. The molecule has 0 heterocycles. The number of anilines is 1. The van der Waals surface area contributed by atoms with E-state index < -0.39 is 17.8 Å². The van der Waals surface area contributed by atoms with Gasteiger partial charge in [0.25, 0.3) is 0 Å². The van der Waals surface area contributed by atoms with Crippen molar-refractivity contribution in [2.75, 3.05) is 11.9 Å². The summed E-state index contributed by atoms with van der Waals surface area (Å²) < 4.78 is 13.2. The zero-order valence-electron chi connectivity index (χ0n) is 10.5. The van der Waals surface area contributed by atoms with Crippen LogP contribution in [0, 0.1) is 11.7 Å². The number of carbonyl (C=O) groups is 2. The SMILES string of the molecule is CC(CNC(=O)Nc1cc(Cl)c(F)c(Cl)c1)CC(=O)O. The topological polar surface area (TPSA) is 78.4 Å². The number of nitrogens with one attached hydrogen (secondary N) is 2. The molecule has 2 amide bonds. The largest absolute Gasteiger partial charge is 0.481 e. The van der Waals surface area contributed by atoms with Crippen LogP contribution in [0.5, 0.6) is 0 Å². The Bertz CT molecular complexity index is 502. The normalized spacial score (nSPS) is 11.8. The molecule has 110 valence electrons. The van der Waals surface area contributed by atoms with E-state index in [1.165, 1.54) is 12.1 Å². The fraction of sp³-hybridized carbons (Fsp3) is 0.333. The average Bonchev–Trinajstić information content (AvgIpc) is 2.32. The number of amides is 2. The third-order valence-corrected chi connectivity index (χ3v) is 2.93. The summed E-state index contributed by atoms with van der Waals surface area (Å²) >= 11 is 11.2. The summed E-state index contributed by atoms with van der Waals surface area (Å²) in [4.78, 5) is 22.0. The number of halogens is 3. The molecule has 0 saturated carbocycles. The van der Waals surface area contributed by atoms with Crippen LogP contribution < -0.4 is 10.6 Å². The molecule has 1 rings (SSSR count). The molecule has 3 N–H and O–H groups in total. The van der Waals surface area contributed by atoms with Gasteiger partial charge >= 0.3 is 12.0 Å². The van der Waals surface area contributed by atoms with E-state index >= 15 is 0 Å². The van der Waals surface area contributed by atoms with Crippen molar-refractivity contribution < 1.29 is 19.1 Å². The van der Waals surface area contributed by atoms with Gasteiger partial charge in [-0.15, -0.1) is 0 Å². The van der Waals surface area contributed by atoms with Gasteiger partial charge in [-0.25, -0.2) is 9.18 Å². The number of benzene rings is 1. The molecule has 0 saturated heterocycles. The lowest BCUT2D eigenvalue weighted by atomic mass is 10.1. The van der Waals surface area contributed by atoms with Crippen molar-refractivity contribution in [1.29, 1.82) is 0 Å². The van der Waals surface area contributed by atoms with Crippen molar-refractivity contribution in [2.45, 2.75) is 13.3 Å². The number of carbonyl (C=O) groups excluding carboxylic acids is 1. The Hall–Kier alpha value is -1.53. The van der Waals surface area contributed by atoms with E-state index in [0.29, 0.717) is 0 Å². The van der Waals surface area contributed by atoms with Crippen molar-refractivity contribution in [3.63, 3.8) is 0 Å². The van der Waals surface area contributed by atoms with Gasteiger partial charge in [0.05, 0.1) is 10.0 Å². The number of carboxylic acids is 1. The number of carboxylic acid groups (broad SMARTS) is 1. The lowest BCUT2D eigenvalue weighted by Crippen LogP contribution is -2.33. The first kappa shape index (κ1) is 16.5. The first-order chi connectivity index (χ1) is 9.29. The zero-order chi connectivity index (χ0) is 15.3. The van der Waals surface area contributed by atoms with Crippen LogP contribution in [0.4, 0.5) is 14.9 Å². The van der Waals surface area contributed by atoms with E-state index in [9.17, 15) is 14.0 Å². The quantitative estimate of drug-likeness (QED) is 0.727. The minimum atomic E-state index is -0.934. The molecule has 0 bridgehead atoms. The van der Waals surface area contributed by atoms with Crippen LogP contribution in [0.3, 0.4) is 0 Å². The molecule has 0 aliphatic heterocycles. The fourth-order valence-corrected chi connectivity index (χ4v) is 1.93. The second-order valence-electron chi connectivity index (χ2n) is 4.29. The molecule has 0 fully saturated rings. The first-order valence-electron chi connectivity index (χ1n) is 5.70. The summed E-state index contributed by atoms with van der Waals surface area (Å²) in [6.07, 6.45) is -0.0471. The van der Waals surface area contributed by atoms with Crippen LogP contribution in [-0.2, 0) is 4.79 Å². The molecule has 0 radical (unpaired) electrons. The van der Waals surface area contributed by atoms with E-state index in [2.05, 4.69) is 10.6 Å². The van der Waals surface area contributed by atoms with E-state index in [1.807, 2.05) is 0 Å². The Morgan fingerprint density at radius 3 is 2.40 bits per heavy atom. The van der Waals surface area contributed by atoms with Crippen LogP contribution in [0.25, 0.3) is 0 Å². The zero-order valence-corrected chi connectivity index (χ0v) is 12.1. The van der Waals surface area contributed by atoms with Gasteiger partial charge in [-0.1, -0.05) is 30.1 Å². The maximum atomic E-state index is 13.2. The standard InChI is InChI=1S/C12H13Cl2FN2O3/c1-6(2-10(18)19)5-16-12(20)17-7-3-8(13)11(15)9(14)4-7/h3-4,6H,2,5H2,1H3,(H,18,19)(H2,16,17,20). The van der Waals surface area contributed by atoms with Crippen LogP contribution in [-0.4, -0.2) is 23.7 Å². The van der Waals surface area contributed by atoms with Gasteiger partial charge in [-0.2, -0.15) is 0 Å². The Morgan fingerprint density at radius 1 is 1.35 bits per heavy atom. The summed E-state index contributed by atoms with van der Waals surface area (Å²) in [7, 11) is 0. The molecule has 8 heteroatoms. The van der Waals surface area contributed by atoms with Crippen molar-refractivity contribution in [3.05, 3.63) is 28.0 Å². The minimum Gasteiger partial charge on any atom is -0.481 e. The molecular weight excluding hydrogens is 310 g/mol. The molecule has 20 heavy (non-hydrogen) atoms. The molecule has 0 aliphatic rings. The van der Waals surface area contributed by atoms with E-state index in [4.69, 9.17) is 28.3 Å². The van der Waals surface area contributed by atoms with Gasteiger partial charge in [0.15, 0.2) is 5.82 Å². The third kappa shape index (κ3) is 5.22. The lowest BCUT2D eigenvalue weighted by Gasteiger charge is -2.12. The Labute approximate surface area is 125 Å². The van der Waals surface area contributed by atoms with Crippen molar-refractivity contribution in [3.8, 4) is 0 Å². The maximum absolute atomic E-state index is 13.2. The predicted octanol–water partition coefficient (Wildman–Crippen LogP) is 3.36. The summed E-state index contributed by atoms with van der Waals surface area (Å²) in [6, 6.07) is 1.90. The lowest BCUT2D eigenvalue weighted by molar-refractivity contribution is -0.137. The average molecular weight is 323 g/mol. The highest BCUT2D eigenvalue weighted by molar-refractivity contribution is 6.35. The monoisotopic (exact) mass is 322 g/mol. The van der Waals surface area contributed by atoms with Crippen LogP contribution in [0.1, 0.15) is 13.3 Å². The number of urea groups is 1. The number of rotatable bonds is 5. The Morgan fingerprint density at radius 2 is 1.90 bits per heavy atom. The summed E-state index contributed by atoms with van der Waals surface area (Å²) in [5.41, 5.74) is 0.241. The molecule has 1 aromatic carbocycles. The summed E-state index contributed by atoms with van der Waals surface area (Å²) in [5, 5.41) is 13.1. The Balaban J connectivity index is 2.53. The van der Waals surface area contributed by atoms with Gasteiger partial charge in [0.1, 0.15) is 0 Å². The van der Waals surface area contributed by atoms with Gasteiger partial charge in [0.2, 0.25) is 0 Å².